The number of rotatable bonds is 4. The van der Waals surface area contributed by atoms with Crippen molar-refractivity contribution in [2.75, 3.05) is 19.7 Å². The van der Waals surface area contributed by atoms with E-state index >= 15 is 0 Å². The Morgan fingerprint density at radius 1 is 1.28 bits per heavy atom. The van der Waals surface area contributed by atoms with E-state index in [1.807, 2.05) is 0 Å². The average Bonchev–Trinajstić information content (AvgIpc) is 2.79. The lowest BCUT2D eigenvalue weighted by Crippen LogP contribution is -2.47. The minimum absolute atomic E-state index is 0.133. The lowest BCUT2D eigenvalue weighted by atomic mass is 9.86. The first kappa shape index (κ1) is 13.8. The summed E-state index contributed by atoms with van der Waals surface area (Å²) < 4.78 is 0. The number of likely N-dealkylation sites (tertiary alicyclic amines) is 1. The summed E-state index contributed by atoms with van der Waals surface area (Å²) in [5, 5.41) is 12.4. The van der Waals surface area contributed by atoms with Gasteiger partial charge in [-0.15, -0.1) is 0 Å². The average molecular weight is 254 g/mol. The second-order valence-corrected chi connectivity index (χ2v) is 5.88. The highest BCUT2D eigenvalue weighted by atomic mass is 16.3. The highest BCUT2D eigenvalue weighted by Gasteiger charge is 2.27. The minimum atomic E-state index is 0.133. The molecule has 1 amide bonds. The maximum atomic E-state index is 12.0. The van der Waals surface area contributed by atoms with Crippen LogP contribution >= 0.6 is 0 Å². The van der Waals surface area contributed by atoms with Crippen LogP contribution in [0.5, 0.6) is 0 Å². The van der Waals surface area contributed by atoms with Crippen LogP contribution < -0.4 is 5.32 Å². The predicted octanol–water partition coefficient (Wildman–Crippen LogP) is 1.14. The lowest BCUT2D eigenvalue weighted by Gasteiger charge is -2.30. The van der Waals surface area contributed by atoms with Gasteiger partial charge in [-0.2, -0.15) is 0 Å². The summed E-state index contributed by atoms with van der Waals surface area (Å²) in [6.45, 7) is 3.80. The summed E-state index contributed by atoms with van der Waals surface area (Å²) in [5.74, 6) is 0.740. The zero-order valence-corrected chi connectivity index (χ0v) is 11.4. The van der Waals surface area contributed by atoms with Crippen molar-refractivity contribution in [3.63, 3.8) is 0 Å². The van der Waals surface area contributed by atoms with Gasteiger partial charge in [0.1, 0.15) is 0 Å². The molecule has 2 aliphatic rings. The van der Waals surface area contributed by atoms with Crippen molar-refractivity contribution >= 4 is 5.91 Å². The van der Waals surface area contributed by atoms with Crippen LogP contribution in [0.1, 0.15) is 45.4 Å². The number of carbonyl (C=O) groups is 1. The van der Waals surface area contributed by atoms with Crippen molar-refractivity contribution < 1.29 is 9.90 Å². The highest BCUT2D eigenvalue weighted by molar-refractivity contribution is 5.78. The van der Waals surface area contributed by atoms with Gasteiger partial charge >= 0.3 is 0 Å². The fraction of sp³-hybridized carbons (Fsp3) is 0.929. The first-order valence-corrected chi connectivity index (χ1v) is 7.35. The number of nitrogens with one attached hydrogen (secondary N) is 1. The van der Waals surface area contributed by atoms with Crippen LogP contribution in [0.3, 0.4) is 0 Å². The third-order valence-corrected chi connectivity index (χ3v) is 4.51. The summed E-state index contributed by atoms with van der Waals surface area (Å²) in [4.78, 5) is 14.2. The monoisotopic (exact) mass is 254 g/mol. The number of nitrogens with zero attached hydrogens (tertiary/aromatic N) is 1. The van der Waals surface area contributed by atoms with Crippen LogP contribution in [-0.2, 0) is 4.79 Å². The molecule has 4 nitrogen and oxygen atoms in total. The standard InChI is InChI=1S/C14H26N2O2/c1-11-5-2-3-7-13(11)15-14(18)9-16-8-4-6-12(16)10-17/h11-13,17H,2-10H2,1H3,(H,15,18). The van der Waals surface area contributed by atoms with E-state index in [4.69, 9.17) is 0 Å². The van der Waals surface area contributed by atoms with E-state index in [1.54, 1.807) is 0 Å². The van der Waals surface area contributed by atoms with Gasteiger partial charge in [0.2, 0.25) is 5.91 Å². The Balaban J connectivity index is 1.77. The Kier molecular flexibility index (Phi) is 5.01. The summed E-state index contributed by atoms with van der Waals surface area (Å²) in [6, 6.07) is 0.556. The van der Waals surface area contributed by atoms with Crippen LogP contribution in [0.4, 0.5) is 0 Å². The molecule has 1 saturated heterocycles. The van der Waals surface area contributed by atoms with Gasteiger partial charge in [-0.25, -0.2) is 0 Å². The van der Waals surface area contributed by atoms with Crippen LogP contribution in [0, 0.1) is 5.92 Å². The van der Waals surface area contributed by atoms with Crippen molar-refractivity contribution in [1.82, 2.24) is 10.2 Å². The smallest absolute Gasteiger partial charge is 0.234 e. The fourth-order valence-electron chi connectivity index (χ4n) is 3.28. The normalized spacial score (nSPS) is 33.6. The molecular weight excluding hydrogens is 228 g/mol. The predicted molar refractivity (Wildman–Crippen MR) is 71.2 cm³/mol. The van der Waals surface area contributed by atoms with Crippen LogP contribution in [0.25, 0.3) is 0 Å². The van der Waals surface area contributed by atoms with E-state index in [0.717, 1.165) is 25.8 Å². The number of carbonyl (C=O) groups excluding carboxylic acids is 1. The molecule has 2 N–H and O–H groups in total. The summed E-state index contributed by atoms with van der Waals surface area (Å²) in [6.07, 6.45) is 7.00. The fourth-order valence-corrected chi connectivity index (χ4v) is 3.28. The molecule has 2 fully saturated rings. The second kappa shape index (κ2) is 6.53. The zero-order chi connectivity index (χ0) is 13.0. The van der Waals surface area contributed by atoms with Gasteiger partial charge in [0.15, 0.2) is 0 Å². The van der Waals surface area contributed by atoms with E-state index in [1.165, 1.54) is 19.3 Å². The molecule has 104 valence electrons. The molecule has 0 bridgehead atoms. The van der Waals surface area contributed by atoms with E-state index < -0.39 is 0 Å². The van der Waals surface area contributed by atoms with Crippen LogP contribution in [-0.4, -0.2) is 47.7 Å². The number of aliphatic hydroxyl groups excluding tert-OH is 1. The van der Waals surface area contributed by atoms with Gasteiger partial charge in [-0.05, 0) is 38.1 Å². The Hall–Kier alpha value is -0.610. The molecule has 4 heteroatoms. The molecule has 3 unspecified atom stereocenters. The number of hydrogen-bond donors (Lipinski definition) is 2. The van der Waals surface area contributed by atoms with Crippen LogP contribution in [0.15, 0.2) is 0 Å². The van der Waals surface area contributed by atoms with Gasteiger partial charge in [-0.1, -0.05) is 19.8 Å². The molecule has 0 aromatic heterocycles. The molecular formula is C14H26N2O2. The van der Waals surface area contributed by atoms with Crippen molar-refractivity contribution in [2.24, 2.45) is 5.92 Å². The molecule has 0 spiro atoms. The van der Waals surface area contributed by atoms with Gasteiger partial charge in [-0.3, -0.25) is 9.69 Å². The molecule has 2 rings (SSSR count). The number of amides is 1. The third-order valence-electron chi connectivity index (χ3n) is 4.51. The molecule has 1 aliphatic carbocycles. The maximum absolute atomic E-state index is 12.0. The molecule has 3 atom stereocenters. The Morgan fingerprint density at radius 3 is 2.78 bits per heavy atom. The minimum Gasteiger partial charge on any atom is -0.395 e. The molecule has 18 heavy (non-hydrogen) atoms. The van der Waals surface area contributed by atoms with E-state index in [-0.39, 0.29) is 18.6 Å². The Morgan fingerprint density at radius 2 is 2.06 bits per heavy atom. The Labute approximate surface area is 110 Å². The van der Waals surface area contributed by atoms with Gasteiger partial charge in [0, 0.05) is 12.1 Å². The molecule has 1 saturated carbocycles. The van der Waals surface area contributed by atoms with E-state index in [0.29, 0.717) is 18.5 Å². The molecule has 1 heterocycles. The first-order chi connectivity index (χ1) is 8.70. The van der Waals surface area contributed by atoms with Gasteiger partial charge < -0.3 is 10.4 Å². The summed E-state index contributed by atoms with van der Waals surface area (Å²) in [5.41, 5.74) is 0. The molecule has 0 radical (unpaired) electrons. The Bertz CT molecular complexity index is 277. The molecule has 0 aromatic carbocycles. The summed E-state index contributed by atoms with van der Waals surface area (Å²) >= 11 is 0. The van der Waals surface area contributed by atoms with Crippen molar-refractivity contribution in [3.05, 3.63) is 0 Å². The quantitative estimate of drug-likeness (QED) is 0.791. The maximum Gasteiger partial charge on any atom is 0.234 e. The second-order valence-electron chi connectivity index (χ2n) is 5.88. The van der Waals surface area contributed by atoms with Crippen LogP contribution in [0.2, 0.25) is 0 Å². The summed E-state index contributed by atoms with van der Waals surface area (Å²) in [7, 11) is 0. The van der Waals surface area contributed by atoms with Crippen molar-refractivity contribution in [1.29, 1.82) is 0 Å². The van der Waals surface area contributed by atoms with Crippen molar-refractivity contribution in [3.8, 4) is 0 Å². The molecule has 0 aromatic rings. The first-order valence-electron chi connectivity index (χ1n) is 7.35. The van der Waals surface area contributed by atoms with Crippen molar-refractivity contribution in [2.45, 2.75) is 57.5 Å². The number of aliphatic hydroxyl groups is 1. The van der Waals surface area contributed by atoms with Gasteiger partial charge in [0.25, 0.3) is 0 Å². The van der Waals surface area contributed by atoms with E-state index in [2.05, 4.69) is 17.1 Å². The molecule has 1 aliphatic heterocycles. The van der Waals surface area contributed by atoms with E-state index in [9.17, 15) is 9.90 Å². The number of hydrogen-bond acceptors (Lipinski definition) is 3. The highest BCUT2D eigenvalue weighted by Crippen LogP contribution is 2.23. The lowest BCUT2D eigenvalue weighted by molar-refractivity contribution is -0.123. The SMILES string of the molecule is CC1CCCCC1NC(=O)CN1CCCC1CO. The topological polar surface area (TPSA) is 52.6 Å². The third kappa shape index (κ3) is 3.45. The largest absolute Gasteiger partial charge is 0.395 e. The van der Waals surface area contributed by atoms with Gasteiger partial charge in [0.05, 0.1) is 13.2 Å². The zero-order valence-electron chi connectivity index (χ0n) is 11.4.